The molecule has 1 aliphatic heterocycles. The van der Waals surface area contributed by atoms with Gasteiger partial charge in [-0.1, -0.05) is 13.0 Å². The van der Waals surface area contributed by atoms with E-state index < -0.39 is 18.1 Å². The molecule has 5 N–H and O–H groups in total. The average Bonchev–Trinajstić information content (AvgIpc) is 2.65. The van der Waals surface area contributed by atoms with E-state index in [9.17, 15) is 14.4 Å². The molecule has 9 nitrogen and oxygen atoms in total. The quantitative estimate of drug-likeness (QED) is 0.499. The Morgan fingerprint density at radius 3 is 2.76 bits per heavy atom. The summed E-state index contributed by atoms with van der Waals surface area (Å²) in [5.74, 6) is -0.627. The highest BCUT2D eigenvalue weighted by atomic mass is 16.4. The van der Waals surface area contributed by atoms with E-state index >= 15 is 0 Å². The number of hydrogen-bond acceptors (Lipinski definition) is 6. The molecule has 2 amide bonds. The van der Waals surface area contributed by atoms with Gasteiger partial charge in [0.05, 0.1) is 12.5 Å². The van der Waals surface area contributed by atoms with Crippen LogP contribution in [-0.4, -0.2) is 57.9 Å². The van der Waals surface area contributed by atoms with Gasteiger partial charge in [0.25, 0.3) is 0 Å². The number of piperidine rings is 1. The maximum absolute atomic E-state index is 12.8. The highest BCUT2D eigenvalue weighted by Crippen LogP contribution is 2.23. The van der Waals surface area contributed by atoms with Crippen LogP contribution >= 0.6 is 0 Å². The molecular weight excluding hydrogens is 374 g/mol. The van der Waals surface area contributed by atoms with E-state index in [4.69, 9.17) is 10.8 Å². The number of aliphatic carboxylic acids is 1. The molecule has 160 valence electrons. The lowest BCUT2D eigenvalue weighted by Crippen LogP contribution is -2.55. The highest BCUT2D eigenvalue weighted by molar-refractivity contribution is 5.89. The summed E-state index contributed by atoms with van der Waals surface area (Å²) in [6.07, 6.45) is 1.56. The third kappa shape index (κ3) is 6.70. The van der Waals surface area contributed by atoms with Crippen LogP contribution in [0.1, 0.15) is 44.4 Å². The molecule has 1 aromatic heterocycles. The Morgan fingerprint density at radius 2 is 2.10 bits per heavy atom. The molecular formula is C20H31N5O4. The van der Waals surface area contributed by atoms with Gasteiger partial charge in [-0.2, -0.15) is 0 Å². The Balaban J connectivity index is 1.90. The number of nitrogens with two attached hydrogens (primary N) is 1. The fourth-order valence-electron chi connectivity index (χ4n) is 3.48. The lowest BCUT2D eigenvalue weighted by atomic mass is 9.91. The number of nitrogens with zero attached hydrogens (tertiary/aromatic N) is 2. The number of pyridine rings is 1. The van der Waals surface area contributed by atoms with E-state index in [1.165, 1.54) is 0 Å². The minimum absolute atomic E-state index is 0.0107. The number of anilines is 1. The summed E-state index contributed by atoms with van der Waals surface area (Å²) in [4.78, 5) is 42.1. The Kier molecular flexibility index (Phi) is 7.95. The van der Waals surface area contributed by atoms with Crippen molar-refractivity contribution in [1.29, 1.82) is 0 Å². The summed E-state index contributed by atoms with van der Waals surface area (Å²) in [6, 6.07) is 2.36. The molecule has 0 aliphatic carbocycles. The third-order valence-electron chi connectivity index (χ3n) is 5.31. The van der Waals surface area contributed by atoms with E-state index in [0.717, 1.165) is 17.7 Å². The maximum Gasteiger partial charge on any atom is 0.304 e. The van der Waals surface area contributed by atoms with Gasteiger partial charge in [-0.15, -0.1) is 0 Å². The molecule has 0 aromatic carbocycles. The molecule has 2 rings (SSSR count). The minimum atomic E-state index is -0.886. The third-order valence-corrected chi connectivity index (χ3v) is 5.31. The summed E-state index contributed by atoms with van der Waals surface area (Å²) >= 11 is 0. The second kappa shape index (κ2) is 10.2. The topological polar surface area (TPSA) is 138 Å². The summed E-state index contributed by atoms with van der Waals surface area (Å²) in [6.45, 7) is 6.83. The van der Waals surface area contributed by atoms with Crippen LogP contribution in [0.5, 0.6) is 0 Å². The van der Waals surface area contributed by atoms with Crippen molar-refractivity contribution in [1.82, 2.24) is 20.5 Å². The Hall–Kier alpha value is -2.68. The number of carboxylic acid groups (broad SMARTS) is 1. The first kappa shape index (κ1) is 22.6. The average molecular weight is 405 g/mol. The number of aromatic nitrogens is 1. The molecule has 0 unspecified atom stereocenters. The van der Waals surface area contributed by atoms with Crippen LogP contribution in [0.15, 0.2) is 12.1 Å². The lowest BCUT2D eigenvalue weighted by Gasteiger charge is -2.37. The zero-order valence-corrected chi connectivity index (χ0v) is 17.3. The smallest absolute Gasteiger partial charge is 0.304 e. The minimum Gasteiger partial charge on any atom is -0.481 e. The predicted molar refractivity (Wildman–Crippen MR) is 109 cm³/mol. The number of hydrogen-bond donors (Lipinski definition) is 4. The Labute approximate surface area is 171 Å². The van der Waals surface area contributed by atoms with Crippen molar-refractivity contribution in [2.75, 3.05) is 18.8 Å². The van der Waals surface area contributed by atoms with Gasteiger partial charge in [0, 0.05) is 18.8 Å². The number of amides is 2. The summed E-state index contributed by atoms with van der Waals surface area (Å²) in [7, 11) is 0. The van der Waals surface area contributed by atoms with Gasteiger partial charge in [-0.3, -0.25) is 19.3 Å². The highest BCUT2D eigenvalue weighted by Gasteiger charge is 2.33. The van der Waals surface area contributed by atoms with E-state index in [1.807, 2.05) is 17.9 Å². The second-order valence-electron chi connectivity index (χ2n) is 7.75. The first-order chi connectivity index (χ1) is 13.7. The van der Waals surface area contributed by atoms with Crippen molar-refractivity contribution in [3.63, 3.8) is 0 Å². The van der Waals surface area contributed by atoms with E-state index in [-0.39, 0.29) is 18.2 Å². The molecule has 1 aromatic rings. The van der Waals surface area contributed by atoms with Crippen LogP contribution in [0, 0.1) is 12.8 Å². The molecule has 3 atom stereocenters. The molecule has 29 heavy (non-hydrogen) atoms. The second-order valence-corrected chi connectivity index (χ2v) is 7.75. The van der Waals surface area contributed by atoms with Crippen LogP contribution in [0.4, 0.5) is 5.82 Å². The fraction of sp³-hybridized carbons (Fsp3) is 0.600. The number of likely N-dealkylation sites (tertiary alicyclic amines) is 1. The van der Waals surface area contributed by atoms with Gasteiger partial charge < -0.3 is 21.5 Å². The van der Waals surface area contributed by atoms with E-state index in [2.05, 4.69) is 22.5 Å². The number of aryl methyl sites for hydroxylation is 1. The molecule has 0 saturated carbocycles. The van der Waals surface area contributed by atoms with Crippen LogP contribution in [0.2, 0.25) is 0 Å². The zero-order chi connectivity index (χ0) is 21.6. The maximum atomic E-state index is 12.8. The fourth-order valence-corrected chi connectivity index (χ4v) is 3.48. The van der Waals surface area contributed by atoms with Gasteiger partial charge in [-0.05, 0) is 50.8 Å². The molecule has 1 saturated heterocycles. The number of nitrogens with one attached hydrogen (secondary N) is 2. The Morgan fingerprint density at radius 1 is 1.38 bits per heavy atom. The van der Waals surface area contributed by atoms with E-state index in [0.29, 0.717) is 37.8 Å². The largest absolute Gasteiger partial charge is 0.481 e. The molecule has 0 radical (unpaired) electrons. The summed E-state index contributed by atoms with van der Waals surface area (Å²) in [5.41, 5.74) is 7.23. The van der Waals surface area contributed by atoms with Gasteiger partial charge in [-0.25, -0.2) is 4.98 Å². The van der Waals surface area contributed by atoms with Crippen molar-refractivity contribution in [2.24, 2.45) is 5.92 Å². The number of rotatable bonds is 8. The SMILES string of the molecule is Cc1nc(N)ccc1CNC(=O)[C@H](C)NC(=O)[C@H]1C[C@@H](C)CCN1CCC(=O)O. The number of carbonyl (C=O) groups is 3. The first-order valence-electron chi connectivity index (χ1n) is 9.93. The van der Waals surface area contributed by atoms with Crippen molar-refractivity contribution in [3.05, 3.63) is 23.4 Å². The first-order valence-corrected chi connectivity index (χ1v) is 9.93. The normalized spacial score (nSPS) is 20.7. The number of nitrogen functional groups attached to an aromatic ring is 1. The molecule has 9 heteroatoms. The van der Waals surface area contributed by atoms with Crippen molar-refractivity contribution >= 4 is 23.6 Å². The molecule has 2 heterocycles. The molecule has 1 aliphatic rings. The van der Waals surface area contributed by atoms with Crippen molar-refractivity contribution < 1.29 is 19.5 Å². The molecule has 0 spiro atoms. The zero-order valence-electron chi connectivity index (χ0n) is 17.3. The van der Waals surface area contributed by atoms with Crippen molar-refractivity contribution in [3.8, 4) is 0 Å². The predicted octanol–water partition coefficient (Wildman–Crippen LogP) is 0.668. The van der Waals surface area contributed by atoms with Crippen molar-refractivity contribution in [2.45, 2.75) is 58.7 Å². The van der Waals surface area contributed by atoms with Gasteiger partial charge in [0.15, 0.2) is 0 Å². The molecule has 0 bridgehead atoms. The van der Waals surface area contributed by atoms with Crippen LogP contribution in [0.3, 0.4) is 0 Å². The molecule has 1 fully saturated rings. The standard InChI is InChI=1S/C20H31N5O4/c1-12-6-8-25(9-7-18(26)27)16(10-12)20(29)24-14(3)19(28)22-11-15-4-5-17(21)23-13(15)2/h4-5,12,14,16H,6-11H2,1-3H3,(H2,21,23)(H,22,28)(H,24,29)(H,26,27)/t12-,14-,16+/m0/s1. The van der Waals surface area contributed by atoms with E-state index in [1.54, 1.807) is 13.0 Å². The summed E-state index contributed by atoms with van der Waals surface area (Å²) in [5, 5.41) is 14.5. The van der Waals surface area contributed by atoms with Crippen LogP contribution in [0.25, 0.3) is 0 Å². The van der Waals surface area contributed by atoms with Crippen LogP contribution in [-0.2, 0) is 20.9 Å². The lowest BCUT2D eigenvalue weighted by molar-refractivity contribution is -0.139. The van der Waals surface area contributed by atoms with Gasteiger partial charge in [0.1, 0.15) is 11.9 Å². The summed E-state index contributed by atoms with van der Waals surface area (Å²) < 4.78 is 0. The van der Waals surface area contributed by atoms with Gasteiger partial charge >= 0.3 is 5.97 Å². The number of carboxylic acids is 1. The van der Waals surface area contributed by atoms with Crippen LogP contribution < -0.4 is 16.4 Å². The Bertz CT molecular complexity index is 754. The monoisotopic (exact) mass is 405 g/mol. The van der Waals surface area contributed by atoms with Gasteiger partial charge in [0.2, 0.25) is 11.8 Å². The number of carbonyl (C=O) groups excluding carboxylic acids is 2.